The van der Waals surface area contributed by atoms with Gasteiger partial charge in [0.05, 0.1) is 16.6 Å². The fourth-order valence-corrected chi connectivity index (χ4v) is 4.93. The Labute approximate surface area is 188 Å². The molecule has 5 nitrogen and oxygen atoms in total. The number of benzene rings is 3. The van der Waals surface area contributed by atoms with Crippen LogP contribution >= 0.6 is 0 Å². The molecule has 0 radical (unpaired) electrons. The zero-order chi connectivity index (χ0) is 23.1. The predicted octanol–water partition coefficient (Wildman–Crippen LogP) is 4.92. The van der Waals surface area contributed by atoms with Crippen molar-refractivity contribution in [2.45, 2.75) is 31.2 Å². The number of nitrogens with zero attached hydrogens (tertiary/aromatic N) is 1. The van der Waals surface area contributed by atoms with E-state index in [0.717, 1.165) is 9.87 Å². The third-order valence-corrected chi connectivity index (χ3v) is 6.76. The summed E-state index contributed by atoms with van der Waals surface area (Å²) >= 11 is 0. The molecule has 3 aromatic rings. The molecule has 1 N–H and O–H groups in total. The number of carbonyl (C=O) groups excluding carboxylic acids is 1. The molecule has 0 aliphatic rings. The normalized spacial score (nSPS) is 12.4. The molecule has 0 heterocycles. The van der Waals surface area contributed by atoms with Crippen LogP contribution in [0.3, 0.4) is 0 Å². The van der Waals surface area contributed by atoms with Crippen LogP contribution in [0.1, 0.15) is 31.9 Å². The highest BCUT2D eigenvalue weighted by molar-refractivity contribution is 7.92. The van der Waals surface area contributed by atoms with Gasteiger partial charge in [-0.3, -0.25) is 9.10 Å². The van der Waals surface area contributed by atoms with E-state index in [1.807, 2.05) is 44.2 Å². The van der Waals surface area contributed by atoms with Crippen LogP contribution in [0.4, 0.5) is 10.1 Å². The minimum Gasteiger partial charge on any atom is -0.348 e. The number of para-hydroxylation sites is 1. The average molecular weight is 455 g/mol. The Kier molecular flexibility index (Phi) is 7.64. The van der Waals surface area contributed by atoms with Crippen molar-refractivity contribution in [3.05, 3.63) is 96.3 Å². The molecule has 32 heavy (non-hydrogen) atoms. The molecule has 0 aliphatic carbocycles. The molecular formula is C25H27FN2O3S. The number of anilines is 1. The van der Waals surface area contributed by atoms with Gasteiger partial charge in [-0.1, -0.05) is 74.5 Å². The van der Waals surface area contributed by atoms with Crippen LogP contribution in [-0.4, -0.2) is 20.9 Å². The molecule has 1 unspecified atom stereocenters. The molecule has 3 rings (SSSR count). The van der Waals surface area contributed by atoms with Gasteiger partial charge in [-0.2, -0.15) is 0 Å². The number of carbonyl (C=O) groups is 1. The van der Waals surface area contributed by atoms with E-state index < -0.39 is 28.3 Å². The van der Waals surface area contributed by atoms with E-state index in [1.54, 1.807) is 18.2 Å². The van der Waals surface area contributed by atoms with Gasteiger partial charge in [-0.15, -0.1) is 0 Å². The number of halogens is 1. The summed E-state index contributed by atoms with van der Waals surface area (Å²) in [6.07, 6.45) is 0.681. The molecule has 3 aromatic carbocycles. The summed E-state index contributed by atoms with van der Waals surface area (Å²) in [5.41, 5.74) is 0.754. The van der Waals surface area contributed by atoms with Gasteiger partial charge in [0.2, 0.25) is 5.91 Å². The maximum Gasteiger partial charge on any atom is 0.264 e. The second kappa shape index (κ2) is 10.4. The zero-order valence-corrected chi connectivity index (χ0v) is 18.9. The third kappa shape index (κ3) is 5.73. The summed E-state index contributed by atoms with van der Waals surface area (Å²) in [4.78, 5) is 13.0. The standard InChI is InChI=1S/C25H27FN2O3S/c1-19(2)17-23(20-11-5-3-6-12-20)27-25(29)18-28(24-16-10-9-15-22(24)26)32(30,31)21-13-7-4-8-14-21/h3-16,19,23H,17-18H2,1-2H3,(H,27,29). The maximum atomic E-state index is 14.6. The minimum atomic E-state index is -4.16. The van der Waals surface area contributed by atoms with Crippen molar-refractivity contribution in [1.82, 2.24) is 5.32 Å². The van der Waals surface area contributed by atoms with E-state index in [4.69, 9.17) is 0 Å². The number of hydrogen-bond acceptors (Lipinski definition) is 3. The topological polar surface area (TPSA) is 66.5 Å². The van der Waals surface area contributed by atoms with Gasteiger partial charge in [0, 0.05) is 0 Å². The largest absolute Gasteiger partial charge is 0.348 e. The van der Waals surface area contributed by atoms with Gasteiger partial charge in [-0.25, -0.2) is 12.8 Å². The van der Waals surface area contributed by atoms with Crippen molar-refractivity contribution in [2.75, 3.05) is 10.8 Å². The van der Waals surface area contributed by atoms with Crippen LogP contribution in [-0.2, 0) is 14.8 Å². The molecule has 0 aromatic heterocycles. The van der Waals surface area contributed by atoms with E-state index in [-0.39, 0.29) is 16.6 Å². The summed E-state index contributed by atoms with van der Waals surface area (Å²) in [6.45, 7) is 3.56. The molecule has 168 valence electrons. The molecule has 0 spiro atoms. The summed E-state index contributed by atoms with van der Waals surface area (Å²) < 4.78 is 42.1. The Morgan fingerprint density at radius 1 is 0.906 bits per heavy atom. The van der Waals surface area contributed by atoms with Crippen molar-refractivity contribution in [2.24, 2.45) is 5.92 Å². The highest BCUT2D eigenvalue weighted by Gasteiger charge is 2.29. The first-order valence-electron chi connectivity index (χ1n) is 10.5. The zero-order valence-electron chi connectivity index (χ0n) is 18.1. The number of sulfonamides is 1. The van der Waals surface area contributed by atoms with Gasteiger partial charge in [0.25, 0.3) is 10.0 Å². The van der Waals surface area contributed by atoms with Gasteiger partial charge in [0.15, 0.2) is 0 Å². The molecule has 0 aliphatic heterocycles. The Bertz CT molecular complexity index is 1140. The molecule has 0 saturated carbocycles. The first-order chi connectivity index (χ1) is 15.3. The fraction of sp³-hybridized carbons (Fsp3) is 0.240. The first kappa shape index (κ1) is 23.5. The first-order valence-corrected chi connectivity index (χ1v) is 11.9. The van der Waals surface area contributed by atoms with E-state index in [0.29, 0.717) is 12.3 Å². The SMILES string of the molecule is CC(C)CC(NC(=O)CN(c1ccccc1F)S(=O)(=O)c1ccccc1)c1ccccc1. The summed E-state index contributed by atoms with van der Waals surface area (Å²) in [7, 11) is -4.16. The highest BCUT2D eigenvalue weighted by Crippen LogP contribution is 2.27. The smallest absolute Gasteiger partial charge is 0.264 e. The monoisotopic (exact) mass is 454 g/mol. The maximum absolute atomic E-state index is 14.6. The van der Waals surface area contributed by atoms with Crippen LogP contribution in [0.2, 0.25) is 0 Å². The summed E-state index contributed by atoms with van der Waals surface area (Å²) in [6, 6.07) is 22.5. The average Bonchev–Trinajstić information content (AvgIpc) is 2.78. The highest BCUT2D eigenvalue weighted by atomic mass is 32.2. The van der Waals surface area contributed by atoms with Crippen molar-refractivity contribution in [1.29, 1.82) is 0 Å². The van der Waals surface area contributed by atoms with Crippen molar-refractivity contribution in [3.8, 4) is 0 Å². The minimum absolute atomic E-state index is 0.0159. The molecule has 0 fully saturated rings. The lowest BCUT2D eigenvalue weighted by atomic mass is 9.97. The third-order valence-electron chi connectivity index (χ3n) is 4.98. The number of amides is 1. The predicted molar refractivity (Wildman–Crippen MR) is 124 cm³/mol. The summed E-state index contributed by atoms with van der Waals surface area (Å²) in [5.74, 6) is -0.930. The van der Waals surface area contributed by atoms with Gasteiger partial charge >= 0.3 is 0 Å². The molecule has 0 saturated heterocycles. The van der Waals surface area contributed by atoms with Crippen LogP contribution in [0, 0.1) is 11.7 Å². The molecular weight excluding hydrogens is 427 g/mol. The van der Waals surface area contributed by atoms with Crippen LogP contribution in [0.25, 0.3) is 0 Å². The van der Waals surface area contributed by atoms with Crippen LogP contribution in [0.5, 0.6) is 0 Å². The Morgan fingerprint density at radius 3 is 2.06 bits per heavy atom. The summed E-state index contributed by atoms with van der Waals surface area (Å²) in [5, 5.41) is 2.94. The van der Waals surface area contributed by atoms with Crippen molar-refractivity contribution >= 4 is 21.6 Å². The van der Waals surface area contributed by atoms with Gasteiger partial charge in [-0.05, 0) is 42.2 Å². The van der Waals surface area contributed by atoms with Gasteiger partial charge in [0.1, 0.15) is 12.4 Å². The number of rotatable bonds is 9. The quantitative estimate of drug-likeness (QED) is 0.499. The van der Waals surface area contributed by atoms with E-state index in [2.05, 4.69) is 5.32 Å². The number of hydrogen-bond donors (Lipinski definition) is 1. The van der Waals surface area contributed by atoms with Crippen LogP contribution in [0.15, 0.2) is 89.8 Å². The van der Waals surface area contributed by atoms with Crippen molar-refractivity contribution in [3.63, 3.8) is 0 Å². The lowest BCUT2D eigenvalue weighted by molar-refractivity contribution is -0.120. The second-order valence-corrected chi connectivity index (χ2v) is 9.80. The molecule has 0 bridgehead atoms. The lowest BCUT2D eigenvalue weighted by Gasteiger charge is -2.26. The fourth-order valence-electron chi connectivity index (χ4n) is 3.48. The second-order valence-electron chi connectivity index (χ2n) is 7.94. The van der Waals surface area contributed by atoms with Gasteiger partial charge < -0.3 is 5.32 Å². The van der Waals surface area contributed by atoms with Crippen LogP contribution < -0.4 is 9.62 Å². The molecule has 1 atom stereocenters. The van der Waals surface area contributed by atoms with E-state index >= 15 is 0 Å². The van der Waals surface area contributed by atoms with E-state index in [1.165, 1.54) is 36.4 Å². The molecule has 7 heteroatoms. The Morgan fingerprint density at radius 2 is 1.47 bits per heavy atom. The van der Waals surface area contributed by atoms with Crippen molar-refractivity contribution < 1.29 is 17.6 Å². The number of nitrogens with one attached hydrogen (secondary N) is 1. The Balaban J connectivity index is 1.92. The Hall–Kier alpha value is -3.19. The lowest BCUT2D eigenvalue weighted by Crippen LogP contribution is -2.42. The molecule has 1 amide bonds. The van der Waals surface area contributed by atoms with E-state index in [9.17, 15) is 17.6 Å².